The van der Waals surface area contributed by atoms with Crippen LogP contribution in [-0.2, 0) is 0 Å². The van der Waals surface area contributed by atoms with Gasteiger partial charge < -0.3 is 15.0 Å². The Morgan fingerprint density at radius 2 is 1.78 bits per heavy atom. The lowest BCUT2D eigenvalue weighted by atomic mass is 9.90. The van der Waals surface area contributed by atoms with E-state index in [1.54, 1.807) is 6.20 Å². The van der Waals surface area contributed by atoms with E-state index in [0.29, 0.717) is 23.6 Å². The minimum Gasteiger partial charge on any atom is -0.474 e. The molecule has 4 rings (SSSR count). The Hall–Kier alpha value is -2.63. The molecular formula is C21H26N4O2. The summed E-state index contributed by atoms with van der Waals surface area (Å²) in [5, 5.41) is 2.95. The van der Waals surface area contributed by atoms with Crippen molar-refractivity contribution in [2.45, 2.75) is 50.5 Å². The first-order valence-corrected chi connectivity index (χ1v) is 9.86. The van der Waals surface area contributed by atoms with Crippen LogP contribution in [0.2, 0.25) is 0 Å². The van der Waals surface area contributed by atoms with Gasteiger partial charge in [-0.3, -0.25) is 4.98 Å². The summed E-state index contributed by atoms with van der Waals surface area (Å²) in [6.07, 6.45) is 12.3. The van der Waals surface area contributed by atoms with Crippen molar-refractivity contribution in [3.8, 4) is 5.88 Å². The van der Waals surface area contributed by atoms with Crippen LogP contribution in [0.15, 0.2) is 42.9 Å². The van der Waals surface area contributed by atoms with E-state index in [2.05, 4.69) is 27.4 Å². The van der Waals surface area contributed by atoms with Crippen LogP contribution < -0.4 is 10.1 Å². The molecule has 0 bridgehead atoms. The third-order valence-electron chi connectivity index (χ3n) is 5.54. The zero-order valence-electron chi connectivity index (χ0n) is 15.5. The monoisotopic (exact) mass is 366 g/mol. The van der Waals surface area contributed by atoms with Crippen LogP contribution in [0.1, 0.15) is 50.0 Å². The number of ether oxygens (including phenoxy) is 1. The number of carbonyl (C=O) groups excluding carboxylic acids is 1. The molecule has 3 heterocycles. The van der Waals surface area contributed by atoms with Gasteiger partial charge in [-0.1, -0.05) is 0 Å². The Kier molecular flexibility index (Phi) is 5.51. The van der Waals surface area contributed by atoms with Crippen molar-refractivity contribution in [3.05, 3.63) is 48.4 Å². The van der Waals surface area contributed by atoms with Gasteiger partial charge in [-0.15, -0.1) is 0 Å². The Labute approximate surface area is 160 Å². The molecule has 6 nitrogen and oxygen atoms in total. The largest absolute Gasteiger partial charge is 0.474 e. The summed E-state index contributed by atoms with van der Waals surface area (Å²) in [5.41, 5.74) is 2.02. The lowest BCUT2D eigenvalue weighted by Crippen LogP contribution is -2.40. The Bertz CT molecular complexity index is 737. The highest BCUT2D eigenvalue weighted by Crippen LogP contribution is 2.28. The molecule has 0 atom stereocenters. The standard InChI is InChI=1S/C21H26N4O2/c26-21(25-13-9-17(10-14-25)16-7-11-22-12-8-16)24-18-5-6-20(23-15-18)27-19-3-1-2-4-19/h5-8,11-12,15,17,19H,1-4,9-10,13-14H2,(H,24,26). The van der Waals surface area contributed by atoms with Gasteiger partial charge in [-0.2, -0.15) is 0 Å². The second kappa shape index (κ2) is 8.37. The number of amides is 2. The van der Waals surface area contributed by atoms with Crippen molar-refractivity contribution >= 4 is 11.7 Å². The molecule has 1 saturated carbocycles. The molecule has 1 aliphatic carbocycles. The van der Waals surface area contributed by atoms with E-state index in [0.717, 1.165) is 38.8 Å². The minimum absolute atomic E-state index is 0.0607. The van der Waals surface area contributed by atoms with Crippen LogP contribution in [0.3, 0.4) is 0 Å². The highest BCUT2D eigenvalue weighted by Gasteiger charge is 2.24. The summed E-state index contributed by atoms with van der Waals surface area (Å²) < 4.78 is 5.87. The fraction of sp³-hybridized carbons (Fsp3) is 0.476. The second-order valence-electron chi connectivity index (χ2n) is 7.38. The van der Waals surface area contributed by atoms with Gasteiger partial charge in [0.25, 0.3) is 0 Å². The number of nitrogens with zero attached hydrogens (tertiary/aromatic N) is 3. The normalized spacial score (nSPS) is 18.4. The van der Waals surface area contributed by atoms with Gasteiger partial charge in [0, 0.05) is 31.5 Å². The Morgan fingerprint density at radius 3 is 2.44 bits per heavy atom. The molecule has 2 aromatic heterocycles. The first-order valence-electron chi connectivity index (χ1n) is 9.86. The van der Waals surface area contributed by atoms with Crippen LogP contribution in [0, 0.1) is 0 Å². The highest BCUT2D eigenvalue weighted by molar-refractivity contribution is 5.89. The van der Waals surface area contributed by atoms with Crippen LogP contribution in [0.4, 0.5) is 10.5 Å². The topological polar surface area (TPSA) is 67.3 Å². The summed E-state index contributed by atoms with van der Waals surface area (Å²) in [6.45, 7) is 1.52. The van der Waals surface area contributed by atoms with E-state index >= 15 is 0 Å². The van der Waals surface area contributed by atoms with Crippen molar-refractivity contribution in [2.75, 3.05) is 18.4 Å². The maximum Gasteiger partial charge on any atom is 0.321 e. The number of anilines is 1. The van der Waals surface area contributed by atoms with E-state index in [1.165, 1.54) is 18.4 Å². The van der Waals surface area contributed by atoms with Gasteiger partial charge in [0.15, 0.2) is 0 Å². The van der Waals surface area contributed by atoms with Gasteiger partial charge in [0.1, 0.15) is 6.10 Å². The van der Waals surface area contributed by atoms with Crippen molar-refractivity contribution in [2.24, 2.45) is 0 Å². The molecular weight excluding hydrogens is 340 g/mol. The number of rotatable bonds is 4. The Balaban J connectivity index is 1.26. The average molecular weight is 366 g/mol. The predicted molar refractivity (Wildman–Crippen MR) is 104 cm³/mol. The number of piperidine rings is 1. The first kappa shape index (κ1) is 17.8. The Morgan fingerprint density at radius 1 is 1.04 bits per heavy atom. The highest BCUT2D eigenvalue weighted by atomic mass is 16.5. The number of carbonyl (C=O) groups is 1. The first-order chi connectivity index (χ1) is 13.3. The molecule has 142 valence electrons. The maximum atomic E-state index is 12.5. The van der Waals surface area contributed by atoms with Crippen molar-refractivity contribution < 1.29 is 9.53 Å². The van der Waals surface area contributed by atoms with Crippen LogP contribution >= 0.6 is 0 Å². The molecule has 0 spiro atoms. The van der Waals surface area contributed by atoms with E-state index in [4.69, 9.17) is 4.74 Å². The summed E-state index contributed by atoms with van der Waals surface area (Å²) >= 11 is 0. The van der Waals surface area contributed by atoms with Crippen molar-refractivity contribution in [3.63, 3.8) is 0 Å². The average Bonchev–Trinajstić information content (AvgIpc) is 3.23. The molecule has 2 amide bonds. The molecule has 2 aromatic rings. The number of hydrogen-bond donors (Lipinski definition) is 1. The van der Waals surface area contributed by atoms with Crippen LogP contribution in [0.25, 0.3) is 0 Å². The van der Waals surface area contributed by atoms with E-state index in [1.807, 2.05) is 29.4 Å². The van der Waals surface area contributed by atoms with Crippen molar-refractivity contribution in [1.29, 1.82) is 0 Å². The summed E-state index contributed by atoms with van der Waals surface area (Å²) in [5.74, 6) is 1.14. The number of aromatic nitrogens is 2. The summed E-state index contributed by atoms with van der Waals surface area (Å²) in [7, 11) is 0. The summed E-state index contributed by atoms with van der Waals surface area (Å²) in [6, 6.07) is 7.78. The zero-order valence-corrected chi connectivity index (χ0v) is 15.5. The maximum absolute atomic E-state index is 12.5. The smallest absolute Gasteiger partial charge is 0.321 e. The number of pyridine rings is 2. The predicted octanol–water partition coefficient (Wildman–Crippen LogP) is 4.21. The molecule has 1 aliphatic heterocycles. The molecule has 2 fully saturated rings. The van der Waals surface area contributed by atoms with E-state index in [-0.39, 0.29) is 6.03 Å². The van der Waals surface area contributed by atoms with E-state index < -0.39 is 0 Å². The third kappa shape index (κ3) is 4.56. The lowest BCUT2D eigenvalue weighted by Gasteiger charge is -2.32. The number of likely N-dealkylation sites (tertiary alicyclic amines) is 1. The van der Waals surface area contributed by atoms with Crippen LogP contribution in [0.5, 0.6) is 5.88 Å². The number of hydrogen-bond acceptors (Lipinski definition) is 4. The lowest BCUT2D eigenvalue weighted by molar-refractivity contribution is 0.194. The van der Waals surface area contributed by atoms with Gasteiger partial charge in [-0.25, -0.2) is 9.78 Å². The quantitative estimate of drug-likeness (QED) is 0.880. The van der Waals surface area contributed by atoms with Gasteiger partial charge in [0.2, 0.25) is 5.88 Å². The molecule has 1 saturated heterocycles. The summed E-state index contributed by atoms with van der Waals surface area (Å²) in [4.78, 5) is 22.8. The second-order valence-corrected chi connectivity index (χ2v) is 7.38. The molecule has 6 heteroatoms. The molecule has 0 aromatic carbocycles. The van der Waals surface area contributed by atoms with Gasteiger partial charge in [0.05, 0.1) is 11.9 Å². The number of urea groups is 1. The fourth-order valence-electron chi connectivity index (χ4n) is 3.95. The van der Waals surface area contributed by atoms with Gasteiger partial charge in [-0.05, 0) is 68.2 Å². The zero-order chi connectivity index (χ0) is 18.5. The third-order valence-corrected chi connectivity index (χ3v) is 5.54. The van der Waals surface area contributed by atoms with Crippen LogP contribution in [-0.4, -0.2) is 40.1 Å². The molecule has 0 unspecified atom stereocenters. The fourth-order valence-corrected chi connectivity index (χ4v) is 3.95. The molecule has 2 aliphatic rings. The number of nitrogens with one attached hydrogen (secondary N) is 1. The van der Waals surface area contributed by atoms with Crippen molar-refractivity contribution in [1.82, 2.24) is 14.9 Å². The SMILES string of the molecule is O=C(Nc1ccc(OC2CCCC2)nc1)N1CCC(c2ccncc2)CC1. The van der Waals surface area contributed by atoms with Gasteiger partial charge >= 0.3 is 6.03 Å². The molecule has 27 heavy (non-hydrogen) atoms. The molecule has 0 radical (unpaired) electrons. The van der Waals surface area contributed by atoms with E-state index in [9.17, 15) is 4.79 Å². The molecule has 1 N–H and O–H groups in total. The minimum atomic E-state index is -0.0607.